The molecule has 0 bridgehead atoms. The van der Waals surface area contributed by atoms with Crippen LogP contribution in [-0.2, 0) is 0 Å². The van der Waals surface area contributed by atoms with E-state index in [0.29, 0.717) is 0 Å². The summed E-state index contributed by atoms with van der Waals surface area (Å²) in [7, 11) is 0. The molecule has 2 nitrogen and oxygen atoms in total. The van der Waals surface area contributed by atoms with Crippen LogP contribution in [0.1, 0.15) is 30.4 Å². The highest BCUT2D eigenvalue weighted by molar-refractivity contribution is 5.32. The Balaban J connectivity index is 1.67. The van der Waals surface area contributed by atoms with Crippen molar-refractivity contribution in [2.24, 2.45) is 0 Å². The van der Waals surface area contributed by atoms with Gasteiger partial charge in [-0.2, -0.15) is 0 Å². The summed E-state index contributed by atoms with van der Waals surface area (Å²) in [5.41, 5.74) is 2.54. The lowest BCUT2D eigenvalue weighted by atomic mass is 10.1. The second-order valence-corrected chi connectivity index (χ2v) is 4.75. The van der Waals surface area contributed by atoms with Gasteiger partial charge < -0.3 is 10.1 Å². The summed E-state index contributed by atoms with van der Waals surface area (Å²) in [6.07, 6.45) is 3.80. The maximum atomic E-state index is 5.73. The van der Waals surface area contributed by atoms with E-state index in [1.54, 1.807) is 0 Å². The minimum Gasteiger partial charge on any atom is -0.494 e. The van der Waals surface area contributed by atoms with Crippen LogP contribution in [0.4, 0.5) is 0 Å². The molecule has 0 radical (unpaired) electrons. The van der Waals surface area contributed by atoms with E-state index < -0.39 is 0 Å². The van der Waals surface area contributed by atoms with Crippen LogP contribution in [0, 0.1) is 13.8 Å². The lowest BCUT2D eigenvalue weighted by molar-refractivity contribution is 0.307. The van der Waals surface area contributed by atoms with Gasteiger partial charge in [-0.15, -0.1) is 0 Å². The van der Waals surface area contributed by atoms with Crippen LogP contribution in [-0.4, -0.2) is 19.2 Å². The fourth-order valence-electron chi connectivity index (χ4n) is 1.87. The van der Waals surface area contributed by atoms with Crippen molar-refractivity contribution >= 4 is 0 Å². The van der Waals surface area contributed by atoms with E-state index in [4.69, 9.17) is 4.74 Å². The topological polar surface area (TPSA) is 21.3 Å². The van der Waals surface area contributed by atoms with E-state index in [-0.39, 0.29) is 0 Å². The average molecular weight is 219 g/mol. The lowest BCUT2D eigenvalue weighted by Gasteiger charge is -2.08. The smallest absolute Gasteiger partial charge is 0.119 e. The highest BCUT2D eigenvalue weighted by Crippen LogP contribution is 2.18. The predicted molar refractivity (Wildman–Crippen MR) is 67.1 cm³/mol. The Labute approximate surface area is 98.0 Å². The lowest BCUT2D eigenvalue weighted by Crippen LogP contribution is -2.19. The third kappa shape index (κ3) is 3.86. The maximum absolute atomic E-state index is 5.73. The van der Waals surface area contributed by atoms with Gasteiger partial charge in [0.2, 0.25) is 0 Å². The molecule has 0 saturated heterocycles. The molecule has 2 rings (SSSR count). The monoisotopic (exact) mass is 219 g/mol. The van der Waals surface area contributed by atoms with E-state index in [1.807, 2.05) is 0 Å². The second-order valence-electron chi connectivity index (χ2n) is 4.75. The Morgan fingerprint density at radius 3 is 2.50 bits per heavy atom. The number of hydrogen-bond acceptors (Lipinski definition) is 2. The van der Waals surface area contributed by atoms with E-state index in [1.165, 1.54) is 24.0 Å². The molecule has 1 aliphatic carbocycles. The first-order valence-corrected chi connectivity index (χ1v) is 6.18. The first-order chi connectivity index (χ1) is 7.74. The molecule has 1 aromatic rings. The molecule has 1 aliphatic rings. The largest absolute Gasteiger partial charge is 0.494 e. The van der Waals surface area contributed by atoms with Crippen LogP contribution in [0.15, 0.2) is 18.2 Å². The molecule has 88 valence electrons. The SMILES string of the molecule is Cc1cc(C)cc(OCCCNC2CC2)c1. The van der Waals surface area contributed by atoms with E-state index in [0.717, 1.165) is 31.4 Å². The zero-order chi connectivity index (χ0) is 11.4. The average Bonchev–Trinajstić information content (AvgIpc) is 2.99. The van der Waals surface area contributed by atoms with Gasteiger partial charge in [0, 0.05) is 6.04 Å². The Kier molecular flexibility index (Phi) is 3.83. The van der Waals surface area contributed by atoms with Crippen LogP contribution in [0.25, 0.3) is 0 Å². The molecule has 1 fully saturated rings. The van der Waals surface area contributed by atoms with Crippen molar-refractivity contribution in [3.8, 4) is 5.75 Å². The van der Waals surface area contributed by atoms with Crippen LogP contribution in [0.2, 0.25) is 0 Å². The minimum absolute atomic E-state index is 0.807. The summed E-state index contributed by atoms with van der Waals surface area (Å²) in [6, 6.07) is 7.17. The number of rotatable bonds is 6. The van der Waals surface area contributed by atoms with Crippen molar-refractivity contribution in [3.63, 3.8) is 0 Å². The molecule has 1 saturated carbocycles. The molecule has 16 heavy (non-hydrogen) atoms. The number of hydrogen-bond donors (Lipinski definition) is 1. The maximum Gasteiger partial charge on any atom is 0.119 e. The zero-order valence-electron chi connectivity index (χ0n) is 10.3. The number of benzene rings is 1. The third-order valence-corrected chi connectivity index (χ3v) is 2.80. The van der Waals surface area contributed by atoms with Gasteiger partial charge in [-0.1, -0.05) is 6.07 Å². The van der Waals surface area contributed by atoms with Crippen molar-refractivity contribution in [1.82, 2.24) is 5.32 Å². The van der Waals surface area contributed by atoms with Gasteiger partial charge in [0.15, 0.2) is 0 Å². The molecular formula is C14H21NO. The van der Waals surface area contributed by atoms with E-state index in [9.17, 15) is 0 Å². The minimum atomic E-state index is 0.807. The third-order valence-electron chi connectivity index (χ3n) is 2.80. The highest BCUT2D eigenvalue weighted by atomic mass is 16.5. The standard InChI is InChI=1S/C14H21NO/c1-11-8-12(2)10-14(9-11)16-7-3-6-15-13-4-5-13/h8-10,13,15H,3-7H2,1-2H3. The molecular weight excluding hydrogens is 198 g/mol. The fraction of sp³-hybridized carbons (Fsp3) is 0.571. The molecule has 0 spiro atoms. The molecule has 0 atom stereocenters. The van der Waals surface area contributed by atoms with Gasteiger partial charge in [-0.3, -0.25) is 0 Å². The molecule has 0 aliphatic heterocycles. The van der Waals surface area contributed by atoms with E-state index >= 15 is 0 Å². The summed E-state index contributed by atoms with van der Waals surface area (Å²) in [4.78, 5) is 0. The molecule has 2 heteroatoms. The summed E-state index contributed by atoms with van der Waals surface area (Å²) < 4.78 is 5.73. The summed E-state index contributed by atoms with van der Waals surface area (Å²) in [5, 5.41) is 3.49. The van der Waals surface area contributed by atoms with Crippen LogP contribution in [0.3, 0.4) is 0 Å². The predicted octanol–water partition coefficient (Wildman–Crippen LogP) is 2.82. The first-order valence-electron chi connectivity index (χ1n) is 6.18. The van der Waals surface area contributed by atoms with Crippen LogP contribution >= 0.6 is 0 Å². The van der Waals surface area contributed by atoms with E-state index in [2.05, 4.69) is 37.4 Å². The van der Waals surface area contributed by atoms with Crippen molar-refractivity contribution in [2.45, 2.75) is 39.2 Å². The zero-order valence-corrected chi connectivity index (χ0v) is 10.3. The van der Waals surface area contributed by atoms with Gasteiger partial charge >= 0.3 is 0 Å². The van der Waals surface area contributed by atoms with Crippen LogP contribution < -0.4 is 10.1 Å². The van der Waals surface area contributed by atoms with Crippen LogP contribution in [0.5, 0.6) is 5.75 Å². The second kappa shape index (κ2) is 5.35. The summed E-state index contributed by atoms with van der Waals surface area (Å²) >= 11 is 0. The molecule has 0 aromatic heterocycles. The molecule has 1 N–H and O–H groups in total. The highest BCUT2D eigenvalue weighted by Gasteiger charge is 2.19. The van der Waals surface area contributed by atoms with Gasteiger partial charge in [0.1, 0.15) is 5.75 Å². The normalized spacial score (nSPS) is 15.1. The Hall–Kier alpha value is -1.02. The van der Waals surface area contributed by atoms with Crippen molar-refractivity contribution < 1.29 is 4.74 Å². The molecule has 0 heterocycles. The van der Waals surface area contributed by atoms with Crippen molar-refractivity contribution in [1.29, 1.82) is 0 Å². The number of nitrogens with one attached hydrogen (secondary N) is 1. The first kappa shape index (κ1) is 11.5. The number of aryl methyl sites for hydroxylation is 2. The number of ether oxygens (including phenoxy) is 1. The molecule has 0 amide bonds. The van der Waals surface area contributed by atoms with Gasteiger partial charge in [-0.05, 0) is 62.9 Å². The molecule has 1 aromatic carbocycles. The Morgan fingerprint density at radius 1 is 1.19 bits per heavy atom. The molecule has 0 unspecified atom stereocenters. The fourth-order valence-corrected chi connectivity index (χ4v) is 1.87. The Morgan fingerprint density at radius 2 is 1.88 bits per heavy atom. The summed E-state index contributed by atoms with van der Waals surface area (Å²) in [5.74, 6) is 1.00. The van der Waals surface area contributed by atoms with Gasteiger partial charge in [0.05, 0.1) is 6.61 Å². The quantitative estimate of drug-likeness (QED) is 0.743. The summed E-state index contributed by atoms with van der Waals surface area (Å²) in [6.45, 7) is 6.10. The Bertz CT molecular complexity index is 324. The van der Waals surface area contributed by atoms with Gasteiger partial charge in [0.25, 0.3) is 0 Å². The van der Waals surface area contributed by atoms with Crippen molar-refractivity contribution in [2.75, 3.05) is 13.2 Å². The van der Waals surface area contributed by atoms with Gasteiger partial charge in [-0.25, -0.2) is 0 Å². The van der Waals surface area contributed by atoms with Crippen molar-refractivity contribution in [3.05, 3.63) is 29.3 Å².